The molecular formula is C32H42O2S. The summed E-state index contributed by atoms with van der Waals surface area (Å²) in [5, 5.41) is 0. The monoisotopic (exact) mass is 490 g/mol. The highest BCUT2D eigenvalue weighted by Crippen LogP contribution is 2.36. The van der Waals surface area contributed by atoms with Gasteiger partial charge in [-0.15, -0.1) is 0 Å². The van der Waals surface area contributed by atoms with E-state index in [0.29, 0.717) is 46.3 Å². The molecule has 0 radical (unpaired) electrons. The van der Waals surface area contributed by atoms with Gasteiger partial charge in [0.15, 0.2) is 0 Å². The predicted molar refractivity (Wildman–Crippen MR) is 146 cm³/mol. The minimum absolute atomic E-state index is 0.451. The lowest BCUT2D eigenvalue weighted by Crippen LogP contribution is -2.15. The summed E-state index contributed by atoms with van der Waals surface area (Å²) in [5.74, 6) is 2.34. The van der Waals surface area contributed by atoms with Crippen molar-refractivity contribution in [1.29, 1.82) is 0 Å². The van der Waals surface area contributed by atoms with Crippen LogP contribution >= 0.6 is 0 Å². The van der Waals surface area contributed by atoms with Crippen molar-refractivity contribution in [3.8, 4) is 0 Å². The molecule has 0 bridgehead atoms. The molecule has 2 saturated carbocycles. The van der Waals surface area contributed by atoms with Gasteiger partial charge in [0, 0.05) is 0 Å². The van der Waals surface area contributed by atoms with Crippen molar-refractivity contribution in [3.63, 3.8) is 0 Å². The second-order valence-corrected chi connectivity index (χ2v) is 12.9. The van der Waals surface area contributed by atoms with Crippen molar-refractivity contribution >= 4 is 9.84 Å². The molecule has 4 rings (SSSR count). The average Bonchev–Trinajstić information content (AvgIpc) is 2.84. The molecule has 0 aliphatic heterocycles. The molecular weight excluding hydrogens is 448 g/mol. The third kappa shape index (κ3) is 5.82. The maximum Gasteiger partial charge on any atom is 0.207 e. The van der Waals surface area contributed by atoms with Crippen LogP contribution in [0.25, 0.3) is 0 Å². The summed E-state index contributed by atoms with van der Waals surface area (Å²) in [7, 11) is -3.62. The first-order chi connectivity index (χ1) is 16.8. The van der Waals surface area contributed by atoms with E-state index in [4.69, 9.17) is 0 Å². The van der Waals surface area contributed by atoms with Crippen molar-refractivity contribution in [3.05, 3.63) is 83.0 Å². The molecule has 4 unspecified atom stereocenters. The lowest BCUT2D eigenvalue weighted by atomic mass is 9.78. The van der Waals surface area contributed by atoms with Gasteiger partial charge in [-0.3, -0.25) is 0 Å². The van der Waals surface area contributed by atoms with E-state index in [2.05, 4.69) is 39.8 Å². The third-order valence-corrected chi connectivity index (χ3v) is 10.4. The summed E-state index contributed by atoms with van der Waals surface area (Å²) in [4.78, 5) is 0.903. The van der Waals surface area contributed by atoms with Gasteiger partial charge < -0.3 is 0 Å². The molecule has 0 heterocycles. The topological polar surface area (TPSA) is 34.1 Å². The SMILES string of the molecule is CC1CCCC(C)C1=CCc1ccccc1S(=O)(=O)c1ccccc1CC=C1C(C)CCCC1C. The standard InChI is InChI=1S/C32H42O2S/c1-23-11-9-12-24(2)29(23)21-19-27-15-5-7-17-31(27)35(33,34)32-18-8-6-16-28(32)20-22-30-25(3)13-10-14-26(30)4/h5-8,15-18,21-26H,9-14,19-20H2,1-4H3. The second-order valence-electron chi connectivity index (χ2n) is 11.0. The number of allylic oxidation sites excluding steroid dienone is 4. The molecule has 3 heteroatoms. The van der Waals surface area contributed by atoms with Crippen LogP contribution in [-0.4, -0.2) is 8.42 Å². The third-order valence-electron chi connectivity index (χ3n) is 8.46. The molecule has 2 fully saturated rings. The molecule has 2 nitrogen and oxygen atoms in total. The summed E-state index contributed by atoms with van der Waals surface area (Å²) in [6.07, 6.45) is 13.5. The molecule has 0 N–H and O–H groups in total. The minimum Gasteiger partial charge on any atom is -0.218 e. The quantitative estimate of drug-likeness (QED) is 0.381. The largest absolute Gasteiger partial charge is 0.218 e. The molecule has 0 spiro atoms. The Balaban J connectivity index is 1.65. The fourth-order valence-corrected chi connectivity index (χ4v) is 8.09. The Labute approximate surface area is 213 Å². The predicted octanol–water partition coefficient (Wildman–Crippen LogP) is 8.37. The second kappa shape index (κ2) is 11.3. The van der Waals surface area contributed by atoms with Gasteiger partial charge in [-0.05, 0) is 85.5 Å². The van der Waals surface area contributed by atoms with Crippen LogP contribution in [0, 0.1) is 23.7 Å². The summed E-state index contributed by atoms with van der Waals surface area (Å²) < 4.78 is 28.0. The van der Waals surface area contributed by atoms with E-state index in [1.54, 1.807) is 12.1 Å². The van der Waals surface area contributed by atoms with Crippen LogP contribution in [0.15, 0.2) is 81.6 Å². The van der Waals surface area contributed by atoms with Crippen molar-refractivity contribution in [2.75, 3.05) is 0 Å². The molecule has 2 aromatic carbocycles. The number of hydrogen-bond acceptors (Lipinski definition) is 2. The Bertz CT molecular complexity index is 1080. The molecule has 2 aliphatic carbocycles. The molecule has 0 amide bonds. The summed E-state index contributed by atoms with van der Waals surface area (Å²) >= 11 is 0. The van der Waals surface area contributed by atoms with Gasteiger partial charge in [0.2, 0.25) is 9.84 Å². The van der Waals surface area contributed by atoms with Crippen molar-refractivity contribution in [2.24, 2.45) is 23.7 Å². The van der Waals surface area contributed by atoms with Crippen molar-refractivity contribution in [1.82, 2.24) is 0 Å². The summed E-state index contributed by atoms with van der Waals surface area (Å²) in [5.41, 5.74) is 4.78. The molecule has 2 aromatic rings. The Morgan fingerprint density at radius 2 is 0.971 bits per heavy atom. The Kier molecular flexibility index (Phi) is 8.37. The lowest BCUT2D eigenvalue weighted by molar-refractivity contribution is 0.402. The van der Waals surface area contributed by atoms with E-state index in [1.807, 2.05) is 36.4 Å². The zero-order valence-corrected chi connectivity index (χ0v) is 22.8. The maximum atomic E-state index is 14.0. The van der Waals surface area contributed by atoms with Gasteiger partial charge in [-0.2, -0.15) is 0 Å². The molecule has 4 atom stereocenters. The fourth-order valence-electron chi connectivity index (χ4n) is 6.35. The van der Waals surface area contributed by atoms with Crippen molar-refractivity contribution < 1.29 is 8.42 Å². The van der Waals surface area contributed by atoms with Crippen LogP contribution in [0.2, 0.25) is 0 Å². The first-order valence-electron chi connectivity index (χ1n) is 13.6. The van der Waals surface area contributed by atoms with Crippen LogP contribution in [0.4, 0.5) is 0 Å². The highest BCUT2D eigenvalue weighted by Gasteiger charge is 2.25. The van der Waals surface area contributed by atoms with E-state index in [-0.39, 0.29) is 0 Å². The maximum absolute atomic E-state index is 14.0. The Morgan fingerprint density at radius 1 is 0.629 bits per heavy atom. The van der Waals surface area contributed by atoms with Gasteiger partial charge in [-0.1, -0.05) is 100 Å². The van der Waals surface area contributed by atoms with Crippen molar-refractivity contribution in [2.45, 2.75) is 88.9 Å². The summed E-state index contributed by atoms with van der Waals surface area (Å²) in [6, 6.07) is 15.2. The zero-order chi connectivity index (χ0) is 25.0. The van der Waals surface area contributed by atoms with Gasteiger partial charge in [0.05, 0.1) is 9.79 Å². The van der Waals surface area contributed by atoms with Gasteiger partial charge in [-0.25, -0.2) is 8.42 Å². The highest BCUT2D eigenvalue weighted by molar-refractivity contribution is 7.91. The lowest BCUT2D eigenvalue weighted by Gasteiger charge is -2.28. The minimum atomic E-state index is -3.62. The van der Waals surface area contributed by atoms with Gasteiger partial charge in [0.25, 0.3) is 0 Å². The van der Waals surface area contributed by atoms with E-state index in [9.17, 15) is 8.42 Å². The van der Waals surface area contributed by atoms with E-state index >= 15 is 0 Å². The van der Waals surface area contributed by atoms with E-state index < -0.39 is 9.84 Å². The van der Waals surface area contributed by atoms with E-state index in [0.717, 1.165) is 11.1 Å². The molecule has 0 saturated heterocycles. The van der Waals surface area contributed by atoms with Gasteiger partial charge in [0.1, 0.15) is 0 Å². The highest BCUT2D eigenvalue weighted by atomic mass is 32.2. The van der Waals surface area contributed by atoms with Crippen LogP contribution < -0.4 is 0 Å². The van der Waals surface area contributed by atoms with Crippen LogP contribution in [0.5, 0.6) is 0 Å². The smallest absolute Gasteiger partial charge is 0.207 e. The molecule has 0 aromatic heterocycles. The first-order valence-corrected chi connectivity index (χ1v) is 15.1. The first kappa shape index (κ1) is 25.9. The normalized spacial score (nSPS) is 25.4. The summed E-state index contributed by atoms with van der Waals surface area (Å²) in [6.45, 7) is 9.23. The number of sulfone groups is 1. The van der Waals surface area contributed by atoms with Crippen LogP contribution in [0.1, 0.15) is 77.3 Å². The fraction of sp³-hybridized carbons (Fsp3) is 0.500. The number of benzene rings is 2. The van der Waals surface area contributed by atoms with Gasteiger partial charge >= 0.3 is 0 Å². The Hall–Kier alpha value is -2.13. The molecule has 35 heavy (non-hydrogen) atoms. The molecule has 188 valence electrons. The number of hydrogen-bond donors (Lipinski definition) is 0. The van der Waals surface area contributed by atoms with E-state index in [1.165, 1.54) is 49.7 Å². The molecule has 2 aliphatic rings. The number of rotatable bonds is 6. The zero-order valence-electron chi connectivity index (χ0n) is 22.0. The van der Waals surface area contributed by atoms with Crippen LogP contribution in [-0.2, 0) is 22.7 Å². The Morgan fingerprint density at radius 3 is 1.34 bits per heavy atom. The van der Waals surface area contributed by atoms with Crippen LogP contribution in [0.3, 0.4) is 0 Å². The average molecular weight is 491 g/mol.